The molecule has 4 N–H and O–H groups in total. The van der Waals surface area contributed by atoms with Crippen molar-refractivity contribution < 1.29 is 4.79 Å². The number of aromatic nitrogens is 1. The summed E-state index contributed by atoms with van der Waals surface area (Å²) in [6, 6.07) is 3.41. The summed E-state index contributed by atoms with van der Waals surface area (Å²) in [5.41, 5.74) is 12.0. The number of rotatable bonds is 5. The van der Waals surface area contributed by atoms with E-state index in [0.29, 0.717) is 12.4 Å². The molecule has 0 unspecified atom stereocenters. The summed E-state index contributed by atoms with van der Waals surface area (Å²) in [5, 5.41) is 0. The Morgan fingerprint density at radius 3 is 2.65 bits per heavy atom. The number of carbonyl (C=O) groups is 1. The Hall–Kier alpha value is -1.62. The Morgan fingerprint density at radius 2 is 2.18 bits per heavy atom. The Labute approximate surface area is 102 Å². The third-order valence-electron chi connectivity index (χ3n) is 2.68. The number of nitrogens with two attached hydrogens (primary N) is 2. The predicted octanol–water partition coefficient (Wildman–Crippen LogP) is 0.605. The maximum Gasteiger partial charge on any atom is 0.235 e. The van der Waals surface area contributed by atoms with E-state index < -0.39 is 0 Å². The van der Waals surface area contributed by atoms with Crippen LogP contribution in [0.25, 0.3) is 0 Å². The molecule has 1 aromatic heterocycles. The van der Waals surface area contributed by atoms with Crippen molar-refractivity contribution in [1.82, 2.24) is 9.88 Å². The summed E-state index contributed by atoms with van der Waals surface area (Å²) >= 11 is 0. The lowest BCUT2D eigenvalue weighted by molar-refractivity contribution is -0.124. The molecule has 0 aliphatic rings. The highest BCUT2D eigenvalue weighted by molar-refractivity contribution is 5.80. The number of nitrogens with zero attached hydrogens (tertiary/aromatic N) is 2. The van der Waals surface area contributed by atoms with Crippen LogP contribution in [0.5, 0.6) is 0 Å². The normalized spacial score (nSPS) is 13.0. The molecule has 1 rings (SSSR count). The average Bonchev–Trinajstić information content (AvgIpc) is 2.15. The van der Waals surface area contributed by atoms with Crippen LogP contribution in [0.2, 0.25) is 0 Å². The number of hydrogen-bond acceptors (Lipinski definition) is 4. The van der Waals surface area contributed by atoms with Gasteiger partial charge in [-0.1, -0.05) is 13.8 Å². The fourth-order valence-electron chi connectivity index (χ4n) is 2.03. The van der Waals surface area contributed by atoms with Gasteiger partial charge in [0.1, 0.15) is 5.82 Å². The largest absolute Gasteiger partial charge is 0.384 e. The Morgan fingerprint density at radius 1 is 1.53 bits per heavy atom. The van der Waals surface area contributed by atoms with Crippen LogP contribution in [0.3, 0.4) is 0 Å². The number of primary amides is 1. The molecule has 1 atom stereocenters. The molecule has 5 heteroatoms. The van der Waals surface area contributed by atoms with Crippen LogP contribution >= 0.6 is 0 Å². The summed E-state index contributed by atoms with van der Waals surface area (Å²) in [6.45, 7) is 4.58. The number of carbonyl (C=O) groups excluding carboxylic acids is 1. The van der Waals surface area contributed by atoms with Gasteiger partial charge < -0.3 is 11.5 Å². The molecule has 0 fully saturated rings. The van der Waals surface area contributed by atoms with Crippen LogP contribution in [0.1, 0.15) is 19.4 Å². The highest BCUT2D eigenvalue weighted by atomic mass is 16.1. The first-order valence-corrected chi connectivity index (χ1v) is 5.61. The second-order valence-corrected chi connectivity index (χ2v) is 4.60. The summed E-state index contributed by atoms with van der Waals surface area (Å²) in [6.07, 6.45) is 1.66. The van der Waals surface area contributed by atoms with E-state index in [2.05, 4.69) is 4.98 Å². The van der Waals surface area contributed by atoms with Crippen LogP contribution in [0.15, 0.2) is 18.3 Å². The fourth-order valence-corrected chi connectivity index (χ4v) is 2.03. The molecule has 0 aliphatic carbocycles. The fraction of sp³-hybridized carbons (Fsp3) is 0.500. The third-order valence-corrected chi connectivity index (χ3v) is 2.68. The van der Waals surface area contributed by atoms with Crippen molar-refractivity contribution in [2.75, 3.05) is 12.8 Å². The lowest BCUT2D eigenvalue weighted by atomic mass is 10.0. The number of pyridine rings is 1. The molecule has 0 spiro atoms. The molecule has 0 aromatic carbocycles. The van der Waals surface area contributed by atoms with Crippen molar-refractivity contribution in [3.05, 3.63) is 23.9 Å². The molecular weight excluding hydrogens is 216 g/mol. The summed E-state index contributed by atoms with van der Waals surface area (Å²) in [4.78, 5) is 17.2. The Kier molecular flexibility index (Phi) is 4.45. The smallest absolute Gasteiger partial charge is 0.235 e. The molecule has 1 aromatic rings. The average molecular weight is 236 g/mol. The first-order valence-electron chi connectivity index (χ1n) is 5.61. The van der Waals surface area contributed by atoms with Gasteiger partial charge in [0.15, 0.2) is 0 Å². The SMILES string of the molecule is CC(C)[C@@H](C(N)=O)N(C)Cc1ccnc(N)c1. The van der Waals surface area contributed by atoms with Crippen LogP contribution < -0.4 is 11.5 Å². The lowest BCUT2D eigenvalue weighted by Crippen LogP contribution is -2.45. The van der Waals surface area contributed by atoms with Gasteiger partial charge >= 0.3 is 0 Å². The lowest BCUT2D eigenvalue weighted by Gasteiger charge is -2.28. The molecule has 1 heterocycles. The molecule has 0 radical (unpaired) electrons. The predicted molar refractivity (Wildman–Crippen MR) is 67.9 cm³/mol. The molecular formula is C12H20N4O. The molecule has 17 heavy (non-hydrogen) atoms. The number of likely N-dealkylation sites (N-methyl/N-ethyl adjacent to an activating group) is 1. The van der Waals surface area contributed by atoms with E-state index in [0.717, 1.165) is 5.56 Å². The van der Waals surface area contributed by atoms with Gasteiger partial charge in [-0.15, -0.1) is 0 Å². The maximum absolute atomic E-state index is 11.4. The number of nitrogen functional groups attached to an aromatic ring is 1. The summed E-state index contributed by atoms with van der Waals surface area (Å²) < 4.78 is 0. The maximum atomic E-state index is 11.4. The van der Waals surface area contributed by atoms with E-state index in [1.165, 1.54) is 0 Å². The van der Waals surface area contributed by atoms with Crippen molar-refractivity contribution in [3.8, 4) is 0 Å². The second kappa shape index (κ2) is 5.63. The molecule has 0 saturated heterocycles. The van der Waals surface area contributed by atoms with E-state index >= 15 is 0 Å². The van der Waals surface area contributed by atoms with E-state index in [1.807, 2.05) is 31.9 Å². The summed E-state index contributed by atoms with van der Waals surface area (Å²) in [5.74, 6) is 0.359. The van der Waals surface area contributed by atoms with Gasteiger partial charge in [-0.05, 0) is 30.7 Å². The van der Waals surface area contributed by atoms with Gasteiger partial charge in [0, 0.05) is 12.7 Å². The standard InChI is InChI=1S/C12H20N4O/c1-8(2)11(12(14)17)16(3)7-9-4-5-15-10(13)6-9/h4-6,8,11H,7H2,1-3H3,(H2,13,15)(H2,14,17)/t11-/m0/s1. The molecule has 94 valence electrons. The minimum Gasteiger partial charge on any atom is -0.384 e. The molecule has 1 amide bonds. The van der Waals surface area contributed by atoms with E-state index in [9.17, 15) is 4.79 Å². The van der Waals surface area contributed by atoms with Crippen molar-refractivity contribution in [1.29, 1.82) is 0 Å². The van der Waals surface area contributed by atoms with Crippen molar-refractivity contribution in [3.63, 3.8) is 0 Å². The van der Waals surface area contributed by atoms with Crippen LogP contribution in [-0.2, 0) is 11.3 Å². The number of anilines is 1. The summed E-state index contributed by atoms with van der Waals surface area (Å²) in [7, 11) is 1.88. The highest BCUT2D eigenvalue weighted by Crippen LogP contribution is 2.13. The second-order valence-electron chi connectivity index (χ2n) is 4.60. The minimum atomic E-state index is -0.301. The Balaban J connectivity index is 2.76. The van der Waals surface area contributed by atoms with Crippen LogP contribution in [0, 0.1) is 5.92 Å². The van der Waals surface area contributed by atoms with Crippen LogP contribution in [-0.4, -0.2) is 28.9 Å². The highest BCUT2D eigenvalue weighted by Gasteiger charge is 2.24. The quantitative estimate of drug-likeness (QED) is 0.784. The molecule has 5 nitrogen and oxygen atoms in total. The van der Waals surface area contributed by atoms with Gasteiger partial charge in [-0.25, -0.2) is 4.98 Å². The van der Waals surface area contributed by atoms with E-state index in [4.69, 9.17) is 11.5 Å². The van der Waals surface area contributed by atoms with Crippen molar-refractivity contribution >= 4 is 11.7 Å². The number of hydrogen-bond donors (Lipinski definition) is 2. The topological polar surface area (TPSA) is 85.2 Å². The van der Waals surface area contributed by atoms with Gasteiger partial charge in [-0.2, -0.15) is 0 Å². The van der Waals surface area contributed by atoms with Gasteiger partial charge in [-0.3, -0.25) is 9.69 Å². The zero-order valence-corrected chi connectivity index (χ0v) is 10.6. The molecule has 0 saturated carbocycles. The van der Waals surface area contributed by atoms with E-state index in [1.54, 1.807) is 12.3 Å². The number of amides is 1. The van der Waals surface area contributed by atoms with Gasteiger partial charge in [0.2, 0.25) is 5.91 Å². The van der Waals surface area contributed by atoms with Crippen LogP contribution in [0.4, 0.5) is 5.82 Å². The van der Waals surface area contributed by atoms with Crippen molar-refractivity contribution in [2.45, 2.75) is 26.4 Å². The Bertz CT molecular complexity index is 392. The van der Waals surface area contributed by atoms with Gasteiger partial charge in [0.05, 0.1) is 6.04 Å². The zero-order valence-electron chi connectivity index (χ0n) is 10.6. The van der Waals surface area contributed by atoms with Crippen molar-refractivity contribution in [2.24, 2.45) is 11.7 Å². The van der Waals surface area contributed by atoms with E-state index in [-0.39, 0.29) is 17.9 Å². The minimum absolute atomic E-state index is 0.177. The first kappa shape index (κ1) is 13.4. The zero-order chi connectivity index (χ0) is 13.0. The van der Waals surface area contributed by atoms with Gasteiger partial charge in [0.25, 0.3) is 0 Å². The third kappa shape index (κ3) is 3.71. The first-order chi connectivity index (χ1) is 7.91. The monoisotopic (exact) mass is 236 g/mol. The molecule has 0 bridgehead atoms. The molecule has 0 aliphatic heterocycles.